The molecule has 2 nitrogen and oxygen atoms in total. The van der Waals surface area contributed by atoms with Gasteiger partial charge in [-0.25, -0.2) is 0 Å². The molecule has 0 aliphatic heterocycles. The number of hydrogen-bond donors (Lipinski definition) is 0. The fourth-order valence-corrected chi connectivity index (χ4v) is 1.78. The molecule has 0 heterocycles. The van der Waals surface area contributed by atoms with Gasteiger partial charge in [-0.2, -0.15) is 0 Å². The Kier molecular flexibility index (Phi) is 5.16. The maximum atomic E-state index is 12.2. The van der Waals surface area contributed by atoms with Gasteiger partial charge in [0, 0.05) is 20.0 Å². The highest BCUT2D eigenvalue weighted by Crippen LogP contribution is 2.28. The molecule has 0 N–H and O–H groups in total. The van der Waals surface area contributed by atoms with Crippen molar-refractivity contribution in [1.29, 1.82) is 0 Å². The molecule has 1 unspecified atom stereocenters. The summed E-state index contributed by atoms with van der Waals surface area (Å²) in [4.78, 5) is 14.0. The number of carbonyl (C=O) groups excluding carboxylic acids is 1. The van der Waals surface area contributed by atoms with Crippen LogP contribution in [0.3, 0.4) is 0 Å². The standard InChI is InChI=1S/C17H27NO/c1-13-7-9-15(10-8-13)12-18(6)16(19)11-14(2)17(3,4)5/h7-10,14H,11-12H2,1-6H3. The predicted molar refractivity (Wildman–Crippen MR) is 80.9 cm³/mol. The molecule has 0 bridgehead atoms. The maximum Gasteiger partial charge on any atom is 0.222 e. The molecule has 1 atom stereocenters. The smallest absolute Gasteiger partial charge is 0.222 e. The van der Waals surface area contributed by atoms with Crippen LogP contribution in [0.4, 0.5) is 0 Å². The normalized spacial score (nSPS) is 13.2. The van der Waals surface area contributed by atoms with Gasteiger partial charge >= 0.3 is 0 Å². The quantitative estimate of drug-likeness (QED) is 0.801. The summed E-state index contributed by atoms with van der Waals surface area (Å²) in [6.45, 7) is 11.5. The topological polar surface area (TPSA) is 20.3 Å². The molecular weight excluding hydrogens is 234 g/mol. The molecule has 2 heteroatoms. The first kappa shape index (κ1) is 15.7. The lowest BCUT2D eigenvalue weighted by atomic mass is 9.80. The Hall–Kier alpha value is -1.31. The van der Waals surface area contributed by atoms with Gasteiger partial charge in [0.15, 0.2) is 0 Å². The lowest BCUT2D eigenvalue weighted by molar-refractivity contribution is -0.132. The third kappa shape index (κ3) is 5.06. The lowest BCUT2D eigenvalue weighted by Gasteiger charge is -2.28. The van der Waals surface area contributed by atoms with E-state index in [1.54, 1.807) is 0 Å². The monoisotopic (exact) mass is 261 g/mol. The summed E-state index contributed by atoms with van der Waals surface area (Å²) in [6, 6.07) is 8.36. The maximum absolute atomic E-state index is 12.2. The van der Waals surface area contributed by atoms with Crippen LogP contribution in [0.1, 0.15) is 45.2 Å². The molecule has 0 saturated carbocycles. The average molecular weight is 261 g/mol. The molecule has 19 heavy (non-hydrogen) atoms. The number of carbonyl (C=O) groups is 1. The Bertz CT molecular complexity index is 414. The van der Waals surface area contributed by atoms with Crippen molar-refractivity contribution in [3.63, 3.8) is 0 Å². The molecule has 0 radical (unpaired) electrons. The number of aryl methyl sites for hydroxylation is 1. The van der Waals surface area contributed by atoms with E-state index < -0.39 is 0 Å². The largest absolute Gasteiger partial charge is 0.341 e. The van der Waals surface area contributed by atoms with Crippen molar-refractivity contribution in [1.82, 2.24) is 4.90 Å². The summed E-state index contributed by atoms with van der Waals surface area (Å²) in [7, 11) is 1.89. The molecule has 106 valence electrons. The molecule has 1 rings (SSSR count). The second-order valence-electron chi connectivity index (χ2n) is 6.71. The number of benzene rings is 1. The first-order chi connectivity index (χ1) is 8.70. The van der Waals surface area contributed by atoms with E-state index in [9.17, 15) is 4.79 Å². The number of rotatable bonds is 4. The van der Waals surface area contributed by atoms with Crippen molar-refractivity contribution in [3.8, 4) is 0 Å². The molecule has 0 aliphatic rings. The molecule has 0 fully saturated rings. The SMILES string of the molecule is Cc1ccc(CN(C)C(=O)CC(C)C(C)(C)C)cc1. The summed E-state index contributed by atoms with van der Waals surface area (Å²) in [5.74, 6) is 0.614. The molecule has 0 aliphatic carbocycles. The minimum atomic E-state index is 0.181. The third-order valence-corrected chi connectivity index (χ3v) is 3.93. The number of nitrogens with zero attached hydrogens (tertiary/aromatic N) is 1. The highest BCUT2D eigenvalue weighted by Gasteiger charge is 2.23. The van der Waals surface area contributed by atoms with E-state index in [4.69, 9.17) is 0 Å². The fourth-order valence-electron chi connectivity index (χ4n) is 1.78. The van der Waals surface area contributed by atoms with Crippen molar-refractivity contribution < 1.29 is 4.79 Å². The molecule has 1 aromatic carbocycles. The van der Waals surface area contributed by atoms with Gasteiger partial charge in [-0.3, -0.25) is 4.79 Å². The van der Waals surface area contributed by atoms with E-state index in [1.165, 1.54) is 11.1 Å². The van der Waals surface area contributed by atoms with Gasteiger partial charge in [-0.15, -0.1) is 0 Å². The highest BCUT2D eigenvalue weighted by molar-refractivity contribution is 5.76. The molecule has 0 aromatic heterocycles. The second-order valence-corrected chi connectivity index (χ2v) is 6.71. The molecular formula is C17H27NO. The van der Waals surface area contributed by atoms with Crippen LogP contribution in [0.15, 0.2) is 24.3 Å². The van der Waals surface area contributed by atoms with Crippen LogP contribution in [0.25, 0.3) is 0 Å². The molecule has 0 saturated heterocycles. The van der Waals surface area contributed by atoms with Gasteiger partial charge < -0.3 is 4.90 Å². The van der Waals surface area contributed by atoms with Gasteiger partial charge in [0.2, 0.25) is 5.91 Å². The van der Waals surface area contributed by atoms with Crippen LogP contribution in [0, 0.1) is 18.3 Å². The fraction of sp³-hybridized carbons (Fsp3) is 0.588. The van der Waals surface area contributed by atoms with Crippen LogP contribution in [0.2, 0.25) is 0 Å². The Labute approximate surface area is 117 Å². The van der Waals surface area contributed by atoms with Gasteiger partial charge in [-0.05, 0) is 23.8 Å². The minimum Gasteiger partial charge on any atom is -0.341 e. The first-order valence-corrected chi connectivity index (χ1v) is 6.99. The van der Waals surface area contributed by atoms with Crippen molar-refractivity contribution >= 4 is 5.91 Å². The summed E-state index contributed by atoms with van der Waals surface area (Å²) in [6.07, 6.45) is 0.617. The summed E-state index contributed by atoms with van der Waals surface area (Å²) in [5.41, 5.74) is 2.62. The van der Waals surface area contributed by atoms with E-state index >= 15 is 0 Å². The van der Waals surface area contributed by atoms with Gasteiger partial charge in [0.25, 0.3) is 0 Å². The van der Waals surface area contributed by atoms with E-state index in [1.807, 2.05) is 11.9 Å². The summed E-state index contributed by atoms with van der Waals surface area (Å²) < 4.78 is 0. The summed E-state index contributed by atoms with van der Waals surface area (Å²) >= 11 is 0. The Morgan fingerprint density at radius 3 is 2.21 bits per heavy atom. The number of hydrogen-bond acceptors (Lipinski definition) is 1. The van der Waals surface area contributed by atoms with Crippen LogP contribution < -0.4 is 0 Å². The minimum absolute atomic E-state index is 0.181. The Morgan fingerprint density at radius 1 is 1.21 bits per heavy atom. The number of amides is 1. The zero-order chi connectivity index (χ0) is 14.6. The average Bonchev–Trinajstić information content (AvgIpc) is 2.30. The predicted octanol–water partition coefficient (Wildman–Crippen LogP) is 4.03. The van der Waals surface area contributed by atoms with E-state index in [0.29, 0.717) is 18.9 Å². The zero-order valence-corrected chi connectivity index (χ0v) is 13.2. The summed E-state index contributed by atoms with van der Waals surface area (Å²) in [5, 5.41) is 0. The van der Waals surface area contributed by atoms with Gasteiger partial charge in [0.1, 0.15) is 0 Å². The third-order valence-electron chi connectivity index (χ3n) is 3.93. The van der Waals surface area contributed by atoms with Crippen molar-refractivity contribution in [2.75, 3.05) is 7.05 Å². The Balaban J connectivity index is 2.56. The lowest BCUT2D eigenvalue weighted by Crippen LogP contribution is -2.30. The Morgan fingerprint density at radius 2 is 1.74 bits per heavy atom. The van der Waals surface area contributed by atoms with Crippen molar-refractivity contribution in [3.05, 3.63) is 35.4 Å². The van der Waals surface area contributed by atoms with Gasteiger partial charge in [-0.1, -0.05) is 57.5 Å². The zero-order valence-electron chi connectivity index (χ0n) is 13.2. The highest BCUT2D eigenvalue weighted by atomic mass is 16.2. The van der Waals surface area contributed by atoms with Gasteiger partial charge in [0.05, 0.1) is 0 Å². The first-order valence-electron chi connectivity index (χ1n) is 6.99. The second kappa shape index (κ2) is 6.23. The molecule has 1 aromatic rings. The van der Waals surface area contributed by atoms with Crippen LogP contribution in [-0.4, -0.2) is 17.9 Å². The van der Waals surface area contributed by atoms with E-state index in [-0.39, 0.29) is 11.3 Å². The van der Waals surface area contributed by atoms with Crippen molar-refractivity contribution in [2.45, 2.75) is 47.6 Å². The van der Waals surface area contributed by atoms with E-state index in [2.05, 4.69) is 58.9 Å². The van der Waals surface area contributed by atoms with Crippen molar-refractivity contribution in [2.24, 2.45) is 11.3 Å². The molecule has 1 amide bonds. The van der Waals surface area contributed by atoms with Crippen LogP contribution in [0.5, 0.6) is 0 Å². The van der Waals surface area contributed by atoms with Crippen LogP contribution >= 0.6 is 0 Å². The van der Waals surface area contributed by atoms with E-state index in [0.717, 1.165) is 0 Å². The molecule has 0 spiro atoms. The van der Waals surface area contributed by atoms with Crippen LogP contribution in [-0.2, 0) is 11.3 Å².